The Balaban J connectivity index is 1.80. The molecule has 1 aliphatic heterocycles. The van der Waals surface area contributed by atoms with Crippen LogP contribution in [0.4, 0.5) is 4.39 Å². The highest BCUT2D eigenvalue weighted by Gasteiger charge is 2.29. The molecule has 0 radical (unpaired) electrons. The maximum Gasteiger partial charge on any atom is 0.264 e. The number of benzene rings is 1. The van der Waals surface area contributed by atoms with Crippen LogP contribution >= 0.6 is 11.3 Å². The van der Waals surface area contributed by atoms with Gasteiger partial charge in [-0.15, -0.1) is 11.3 Å². The molecule has 2 aromatic rings. The fraction of sp³-hybridized carbons (Fsp3) is 0.438. The number of sulfonamides is 1. The molecule has 3 rings (SSSR count). The van der Waals surface area contributed by atoms with Gasteiger partial charge in [-0.3, -0.25) is 4.79 Å². The lowest BCUT2D eigenvalue weighted by molar-refractivity contribution is 0.0702. The average molecular weight is 370 g/mol. The summed E-state index contributed by atoms with van der Waals surface area (Å²) in [5.41, 5.74) is 0.781. The molecule has 1 aromatic carbocycles. The van der Waals surface area contributed by atoms with Crippen LogP contribution in [0.5, 0.6) is 0 Å². The highest BCUT2D eigenvalue weighted by Crippen LogP contribution is 2.32. The van der Waals surface area contributed by atoms with Gasteiger partial charge < -0.3 is 4.90 Å². The number of halogens is 1. The fourth-order valence-corrected chi connectivity index (χ4v) is 5.13. The summed E-state index contributed by atoms with van der Waals surface area (Å²) < 4.78 is 39.5. The van der Waals surface area contributed by atoms with Crippen LogP contribution in [-0.4, -0.2) is 55.5 Å². The van der Waals surface area contributed by atoms with E-state index in [9.17, 15) is 17.6 Å². The Morgan fingerprint density at radius 2 is 1.92 bits per heavy atom. The van der Waals surface area contributed by atoms with Gasteiger partial charge in [0.25, 0.3) is 5.91 Å². The van der Waals surface area contributed by atoms with Gasteiger partial charge in [0.1, 0.15) is 5.82 Å². The monoisotopic (exact) mass is 370 g/mol. The summed E-state index contributed by atoms with van der Waals surface area (Å²) in [6, 6.07) is 4.52. The number of amides is 1. The third-order valence-corrected chi connectivity index (χ3v) is 7.52. The normalized spacial score (nSPS) is 16.7. The molecule has 130 valence electrons. The van der Waals surface area contributed by atoms with E-state index in [1.54, 1.807) is 17.9 Å². The number of piperazine rings is 1. The molecule has 0 spiro atoms. The van der Waals surface area contributed by atoms with Crippen molar-refractivity contribution in [1.29, 1.82) is 0 Å². The molecule has 2 heterocycles. The molecule has 0 unspecified atom stereocenters. The number of carbonyl (C=O) groups excluding carboxylic acids is 1. The van der Waals surface area contributed by atoms with E-state index >= 15 is 0 Å². The van der Waals surface area contributed by atoms with E-state index in [0.29, 0.717) is 31.1 Å². The minimum absolute atomic E-state index is 0.0714. The Hall–Kier alpha value is -1.51. The van der Waals surface area contributed by atoms with Crippen molar-refractivity contribution in [3.63, 3.8) is 0 Å². The van der Waals surface area contributed by atoms with E-state index in [4.69, 9.17) is 0 Å². The summed E-state index contributed by atoms with van der Waals surface area (Å²) in [5.74, 6) is -0.356. The number of nitrogens with zero attached hydrogens (tertiary/aromatic N) is 2. The zero-order valence-corrected chi connectivity index (χ0v) is 15.2. The average Bonchev–Trinajstić information content (AvgIpc) is 2.91. The zero-order valence-electron chi connectivity index (χ0n) is 13.6. The molecule has 0 N–H and O–H groups in total. The van der Waals surface area contributed by atoms with E-state index < -0.39 is 10.0 Å². The van der Waals surface area contributed by atoms with Crippen LogP contribution in [0.2, 0.25) is 0 Å². The molecule has 8 heteroatoms. The van der Waals surface area contributed by atoms with Gasteiger partial charge in [-0.25, -0.2) is 12.8 Å². The molecule has 1 aromatic heterocycles. The highest BCUT2D eigenvalue weighted by molar-refractivity contribution is 7.89. The molecular weight excluding hydrogens is 351 g/mol. The predicted molar refractivity (Wildman–Crippen MR) is 93.5 cm³/mol. The maximum absolute atomic E-state index is 13.4. The summed E-state index contributed by atoms with van der Waals surface area (Å²) in [6.45, 7) is 4.83. The second-order valence-electron chi connectivity index (χ2n) is 5.79. The summed E-state index contributed by atoms with van der Waals surface area (Å²) in [5, 5.41) is 0.760. The van der Waals surface area contributed by atoms with Crippen molar-refractivity contribution < 1.29 is 17.6 Å². The summed E-state index contributed by atoms with van der Waals surface area (Å²) >= 11 is 1.36. The van der Waals surface area contributed by atoms with Gasteiger partial charge in [-0.1, -0.05) is 0 Å². The third-order valence-electron chi connectivity index (χ3n) is 4.38. The van der Waals surface area contributed by atoms with Crippen molar-refractivity contribution >= 4 is 37.4 Å². The standard InChI is InChI=1S/C16H19FN2O3S2/c1-3-24(21,22)19-8-6-18(7-9-19)16(20)15-11(2)13-10-12(17)4-5-14(13)23-15/h4-5,10H,3,6-9H2,1-2H3. The quantitative estimate of drug-likeness (QED) is 0.834. The number of aryl methyl sites for hydroxylation is 1. The zero-order chi connectivity index (χ0) is 17.5. The molecule has 0 aliphatic carbocycles. The first-order valence-corrected chi connectivity index (χ1v) is 10.2. The van der Waals surface area contributed by atoms with Gasteiger partial charge in [0.15, 0.2) is 0 Å². The van der Waals surface area contributed by atoms with Gasteiger partial charge in [-0.2, -0.15) is 4.31 Å². The van der Waals surface area contributed by atoms with Gasteiger partial charge in [-0.05, 0) is 43.0 Å². The Morgan fingerprint density at radius 1 is 1.25 bits per heavy atom. The maximum atomic E-state index is 13.4. The second-order valence-corrected chi connectivity index (χ2v) is 9.10. The molecule has 5 nitrogen and oxygen atoms in total. The van der Waals surface area contributed by atoms with Crippen LogP contribution in [0.3, 0.4) is 0 Å². The smallest absolute Gasteiger partial charge is 0.264 e. The summed E-state index contributed by atoms with van der Waals surface area (Å²) in [6.07, 6.45) is 0. The molecular formula is C16H19FN2O3S2. The van der Waals surface area contributed by atoms with Crippen molar-refractivity contribution in [3.05, 3.63) is 34.5 Å². The van der Waals surface area contributed by atoms with Crippen molar-refractivity contribution in [2.24, 2.45) is 0 Å². The van der Waals surface area contributed by atoms with E-state index in [1.807, 2.05) is 6.92 Å². The predicted octanol–water partition coefficient (Wildman–Crippen LogP) is 2.46. The van der Waals surface area contributed by atoms with E-state index in [-0.39, 0.29) is 17.5 Å². The Kier molecular flexibility index (Phi) is 4.63. The van der Waals surface area contributed by atoms with Crippen LogP contribution in [0.1, 0.15) is 22.2 Å². The van der Waals surface area contributed by atoms with Gasteiger partial charge >= 0.3 is 0 Å². The minimum Gasteiger partial charge on any atom is -0.335 e. The van der Waals surface area contributed by atoms with Crippen LogP contribution < -0.4 is 0 Å². The number of hydrogen-bond donors (Lipinski definition) is 0. The van der Waals surface area contributed by atoms with E-state index in [0.717, 1.165) is 15.6 Å². The van der Waals surface area contributed by atoms with E-state index in [1.165, 1.54) is 27.8 Å². The molecule has 1 amide bonds. The first kappa shape index (κ1) is 17.3. The molecule has 0 atom stereocenters. The highest BCUT2D eigenvalue weighted by atomic mass is 32.2. The molecule has 1 saturated heterocycles. The van der Waals surface area contributed by atoms with Crippen LogP contribution in [-0.2, 0) is 10.0 Å². The number of fused-ring (bicyclic) bond motifs is 1. The van der Waals surface area contributed by atoms with Crippen molar-refractivity contribution in [3.8, 4) is 0 Å². The topological polar surface area (TPSA) is 57.7 Å². The number of rotatable bonds is 3. The first-order chi connectivity index (χ1) is 11.3. The Labute approximate surface area is 144 Å². The van der Waals surface area contributed by atoms with Crippen LogP contribution in [0.25, 0.3) is 10.1 Å². The van der Waals surface area contributed by atoms with Gasteiger partial charge in [0, 0.05) is 30.9 Å². The van der Waals surface area contributed by atoms with Gasteiger partial charge in [0.05, 0.1) is 10.6 Å². The van der Waals surface area contributed by atoms with Gasteiger partial charge in [0.2, 0.25) is 10.0 Å². The molecule has 24 heavy (non-hydrogen) atoms. The van der Waals surface area contributed by atoms with Crippen molar-refractivity contribution in [2.45, 2.75) is 13.8 Å². The van der Waals surface area contributed by atoms with Crippen LogP contribution in [0, 0.1) is 12.7 Å². The van der Waals surface area contributed by atoms with E-state index in [2.05, 4.69) is 0 Å². The SMILES string of the molecule is CCS(=O)(=O)N1CCN(C(=O)c2sc3ccc(F)cc3c2C)CC1. The minimum atomic E-state index is -3.21. The lowest BCUT2D eigenvalue weighted by Gasteiger charge is -2.33. The number of hydrogen-bond acceptors (Lipinski definition) is 4. The number of carbonyl (C=O) groups is 1. The fourth-order valence-electron chi connectivity index (χ4n) is 2.89. The van der Waals surface area contributed by atoms with Crippen molar-refractivity contribution in [1.82, 2.24) is 9.21 Å². The lowest BCUT2D eigenvalue weighted by Crippen LogP contribution is -2.50. The molecule has 1 aliphatic rings. The molecule has 0 saturated carbocycles. The Morgan fingerprint density at radius 3 is 2.54 bits per heavy atom. The summed E-state index contributed by atoms with van der Waals surface area (Å²) in [7, 11) is -3.21. The largest absolute Gasteiger partial charge is 0.335 e. The van der Waals surface area contributed by atoms with Crippen LogP contribution in [0.15, 0.2) is 18.2 Å². The first-order valence-electron chi connectivity index (χ1n) is 7.79. The molecule has 0 bridgehead atoms. The van der Waals surface area contributed by atoms with Crippen molar-refractivity contribution in [2.75, 3.05) is 31.9 Å². The molecule has 1 fully saturated rings. The Bertz CT molecular complexity index is 884. The number of thiophene rings is 1. The lowest BCUT2D eigenvalue weighted by atomic mass is 10.1. The summed E-state index contributed by atoms with van der Waals surface area (Å²) in [4.78, 5) is 15.1. The third kappa shape index (κ3) is 3.05. The second kappa shape index (κ2) is 6.42.